The number of nitrogens with one attached hydrogen (secondary N) is 1. The van der Waals surface area contributed by atoms with E-state index in [2.05, 4.69) is 29.0 Å². The van der Waals surface area contributed by atoms with Crippen LogP contribution in [-0.2, 0) is 20.1 Å². The third-order valence-electron chi connectivity index (χ3n) is 2.10. The standard InChI is InChI=1S/C11H13N3.Ir/c1-8(2)10-12-11(14-13-10)9-6-4-3-5-7-9;/h3-8H,1-2H3,(H,12,13,14);/q;+3. The molecule has 0 fully saturated rings. The van der Waals surface area contributed by atoms with Crippen LogP contribution >= 0.6 is 0 Å². The van der Waals surface area contributed by atoms with E-state index >= 15 is 0 Å². The third kappa shape index (κ3) is 2.74. The second-order valence-electron chi connectivity index (χ2n) is 3.58. The van der Waals surface area contributed by atoms with Crippen molar-refractivity contribution in [1.29, 1.82) is 0 Å². The van der Waals surface area contributed by atoms with Crippen LogP contribution < -0.4 is 0 Å². The molecule has 0 bridgehead atoms. The minimum Gasteiger partial charge on any atom is -0.325 e. The summed E-state index contributed by atoms with van der Waals surface area (Å²) >= 11 is 0. The first-order chi connectivity index (χ1) is 6.77. The fourth-order valence-electron chi connectivity index (χ4n) is 1.26. The monoisotopic (exact) mass is 380 g/mol. The van der Waals surface area contributed by atoms with Crippen molar-refractivity contribution in [3.63, 3.8) is 0 Å². The molecule has 0 saturated heterocycles. The van der Waals surface area contributed by atoms with E-state index in [1.165, 1.54) is 0 Å². The SMILES string of the molecule is CC(C)c1nnc(-c2ccccc2)[nH]1.[Ir+3]. The minimum absolute atomic E-state index is 0. The van der Waals surface area contributed by atoms with Crippen LogP contribution in [0.4, 0.5) is 0 Å². The van der Waals surface area contributed by atoms with E-state index in [0.717, 1.165) is 17.2 Å². The van der Waals surface area contributed by atoms with Gasteiger partial charge in [-0.2, -0.15) is 0 Å². The van der Waals surface area contributed by atoms with Crippen molar-refractivity contribution in [2.24, 2.45) is 0 Å². The summed E-state index contributed by atoms with van der Waals surface area (Å²) in [5.74, 6) is 2.16. The molecule has 0 aliphatic rings. The van der Waals surface area contributed by atoms with Gasteiger partial charge in [0.15, 0.2) is 5.82 Å². The predicted molar refractivity (Wildman–Crippen MR) is 55.9 cm³/mol. The molecule has 0 saturated carbocycles. The molecule has 2 aromatic rings. The normalized spacial score (nSPS) is 10.1. The maximum absolute atomic E-state index is 4.10. The number of rotatable bonds is 2. The van der Waals surface area contributed by atoms with E-state index in [-0.39, 0.29) is 20.1 Å². The van der Waals surface area contributed by atoms with Crippen molar-refractivity contribution in [2.75, 3.05) is 0 Å². The van der Waals surface area contributed by atoms with E-state index in [1.54, 1.807) is 0 Å². The Kier molecular flexibility index (Phi) is 4.18. The molecule has 0 aliphatic carbocycles. The second kappa shape index (κ2) is 5.19. The Morgan fingerprint density at radius 2 is 1.73 bits per heavy atom. The van der Waals surface area contributed by atoms with Crippen molar-refractivity contribution in [3.05, 3.63) is 36.2 Å². The van der Waals surface area contributed by atoms with E-state index in [9.17, 15) is 0 Å². The van der Waals surface area contributed by atoms with Gasteiger partial charge in [0, 0.05) is 11.5 Å². The van der Waals surface area contributed by atoms with Crippen molar-refractivity contribution in [3.8, 4) is 11.4 Å². The van der Waals surface area contributed by atoms with Crippen LogP contribution in [0.2, 0.25) is 0 Å². The first kappa shape index (κ1) is 12.1. The van der Waals surface area contributed by atoms with Crippen LogP contribution in [0.3, 0.4) is 0 Å². The topological polar surface area (TPSA) is 41.6 Å². The summed E-state index contributed by atoms with van der Waals surface area (Å²) in [6.07, 6.45) is 0. The summed E-state index contributed by atoms with van der Waals surface area (Å²) in [5, 5.41) is 8.19. The van der Waals surface area contributed by atoms with E-state index < -0.39 is 0 Å². The molecule has 0 atom stereocenters. The summed E-state index contributed by atoms with van der Waals surface area (Å²) in [5.41, 5.74) is 1.08. The van der Waals surface area contributed by atoms with Gasteiger partial charge >= 0.3 is 20.1 Å². The minimum atomic E-state index is 0. The molecule has 15 heavy (non-hydrogen) atoms. The van der Waals surface area contributed by atoms with Crippen LogP contribution in [-0.4, -0.2) is 15.2 Å². The summed E-state index contributed by atoms with van der Waals surface area (Å²) in [6, 6.07) is 10.0. The smallest absolute Gasteiger partial charge is 0.325 e. The number of nitrogens with zero attached hydrogens (tertiary/aromatic N) is 2. The largest absolute Gasteiger partial charge is 3.00 e. The van der Waals surface area contributed by atoms with Gasteiger partial charge in [-0.3, -0.25) is 0 Å². The summed E-state index contributed by atoms with van der Waals surface area (Å²) in [6.45, 7) is 4.19. The Labute approximate surface area is 103 Å². The quantitative estimate of drug-likeness (QED) is 0.872. The fourth-order valence-corrected chi connectivity index (χ4v) is 1.26. The van der Waals surface area contributed by atoms with Crippen LogP contribution in [0.5, 0.6) is 0 Å². The fraction of sp³-hybridized carbons (Fsp3) is 0.273. The van der Waals surface area contributed by atoms with Crippen LogP contribution in [0.25, 0.3) is 11.4 Å². The zero-order valence-electron chi connectivity index (χ0n) is 8.69. The Morgan fingerprint density at radius 1 is 1.07 bits per heavy atom. The maximum Gasteiger partial charge on any atom is 3.00 e. The molecule has 4 heteroatoms. The summed E-state index contributed by atoms with van der Waals surface area (Å²) in [4.78, 5) is 3.21. The first-order valence-electron chi connectivity index (χ1n) is 4.75. The van der Waals surface area contributed by atoms with Crippen molar-refractivity contribution in [2.45, 2.75) is 19.8 Å². The molecule has 0 unspecified atom stereocenters. The molecule has 1 heterocycles. The molecule has 2 rings (SSSR count). The van der Waals surface area contributed by atoms with Gasteiger partial charge in [-0.1, -0.05) is 44.2 Å². The average Bonchev–Trinajstić information content (AvgIpc) is 2.68. The van der Waals surface area contributed by atoms with E-state index in [0.29, 0.717) is 5.92 Å². The Morgan fingerprint density at radius 3 is 2.27 bits per heavy atom. The zero-order chi connectivity index (χ0) is 9.97. The Hall–Kier alpha value is -0.991. The number of hydrogen-bond acceptors (Lipinski definition) is 2. The Balaban J connectivity index is 0.00000112. The number of benzene rings is 1. The predicted octanol–water partition coefficient (Wildman–Crippen LogP) is 2.59. The molecule has 3 nitrogen and oxygen atoms in total. The average molecular weight is 379 g/mol. The van der Waals surface area contributed by atoms with Gasteiger partial charge in [-0.15, -0.1) is 10.2 Å². The van der Waals surface area contributed by atoms with Gasteiger partial charge in [-0.25, -0.2) is 0 Å². The van der Waals surface area contributed by atoms with Crippen molar-refractivity contribution >= 4 is 0 Å². The molecule has 1 aromatic heterocycles. The third-order valence-corrected chi connectivity index (χ3v) is 2.10. The molecule has 1 N–H and O–H groups in total. The van der Waals surface area contributed by atoms with Crippen molar-refractivity contribution < 1.29 is 20.1 Å². The van der Waals surface area contributed by atoms with Gasteiger partial charge in [0.25, 0.3) is 0 Å². The second-order valence-corrected chi connectivity index (χ2v) is 3.58. The molecule has 0 amide bonds. The van der Waals surface area contributed by atoms with Crippen LogP contribution in [0, 0.1) is 0 Å². The molecule has 0 radical (unpaired) electrons. The number of aromatic amines is 1. The summed E-state index contributed by atoms with van der Waals surface area (Å²) in [7, 11) is 0. The molecule has 78 valence electrons. The van der Waals surface area contributed by atoms with Crippen LogP contribution in [0.15, 0.2) is 30.3 Å². The molecular weight excluding hydrogens is 366 g/mol. The maximum atomic E-state index is 4.10. The zero-order valence-corrected chi connectivity index (χ0v) is 11.1. The molecule has 1 aromatic carbocycles. The molecular formula is C11H13IrN3+3. The molecule has 0 spiro atoms. The van der Waals surface area contributed by atoms with Gasteiger partial charge < -0.3 is 4.98 Å². The van der Waals surface area contributed by atoms with Gasteiger partial charge in [0.1, 0.15) is 5.82 Å². The van der Waals surface area contributed by atoms with Crippen LogP contribution in [0.1, 0.15) is 25.6 Å². The van der Waals surface area contributed by atoms with Gasteiger partial charge in [0.05, 0.1) is 0 Å². The van der Waals surface area contributed by atoms with Gasteiger partial charge in [0.2, 0.25) is 0 Å². The number of H-pyrrole nitrogens is 1. The number of aromatic nitrogens is 3. The Bertz CT molecular complexity index is 409. The van der Waals surface area contributed by atoms with E-state index in [1.807, 2.05) is 30.3 Å². The first-order valence-corrected chi connectivity index (χ1v) is 4.75. The molecule has 0 aliphatic heterocycles. The van der Waals surface area contributed by atoms with Crippen molar-refractivity contribution in [1.82, 2.24) is 15.2 Å². The summed E-state index contributed by atoms with van der Waals surface area (Å²) < 4.78 is 0. The van der Waals surface area contributed by atoms with E-state index in [4.69, 9.17) is 0 Å². The number of hydrogen-bond donors (Lipinski definition) is 1. The van der Waals surface area contributed by atoms with Gasteiger partial charge in [-0.05, 0) is 0 Å².